The van der Waals surface area contributed by atoms with Crippen LogP contribution in [-0.4, -0.2) is 27.4 Å². The summed E-state index contributed by atoms with van der Waals surface area (Å²) in [6.45, 7) is 4.85. The number of carbonyl (C=O) groups is 1. The highest BCUT2D eigenvalue weighted by atomic mass is 19.1. The first kappa shape index (κ1) is 19.6. The van der Waals surface area contributed by atoms with E-state index in [-0.39, 0.29) is 17.8 Å². The Kier molecular flexibility index (Phi) is 4.88. The van der Waals surface area contributed by atoms with Crippen molar-refractivity contribution in [2.75, 3.05) is 11.4 Å². The van der Waals surface area contributed by atoms with Gasteiger partial charge in [0.1, 0.15) is 17.5 Å². The van der Waals surface area contributed by atoms with Crippen molar-refractivity contribution in [2.45, 2.75) is 38.6 Å². The van der Waals surface area contributed by atoms with Crippen molar-refractivity contribution in [2.24, 2.45) is 5.92 Å². The van der Waals surface area contributed by atoms with Gasteiger partial charge in [-0.15, -0.1) is 0 Å². The maximum absolute atomic E-state index is 13.2. The molecule has 0 bridgehead atoms. The zero-order valence-corrected chi connectivity index (χ0v) is 17.5. The zero-order chi connectivity index (χ0) is 21.5. The first-order valence-corrected chi connectivity index (χ1v) is 10.7. The van der Waals surface area contributed by atoms with Crippen LogP contribution in [0.25, 0.3) is 0 Å². The summed E-state index contributed by atoms with van der Waals surface area (Å²) in [4.78, 5) is 28.7. The fourth-order valence-electron chi connectivity index (χ4n) is 4.33. The molecule has 7 heteroatoms. The SMILES string of the molecule is CCC(NC(=O)c1ccc(F)cc1)c1ccc2c(n1)C1CC1CN2c1ccnc(C)n1. The van der Waals surface area contributed by atoms with Gasteiger partial charge in [-0.1, -0.05) is 6.92 Å². The molecule has 1 saturated carbocycles. The Morgan fingerprint density at radius 1 is 1.19 bits per heavy atom. The van der Waals surface area contributed by atoms with Crippen molar-refractivity contribution in [1.29, 1.82) is 0 Å². The lowest BCUT2D eigenvalue weighted by molar-refractivity contribution is 0.0934. The largest absolute Gasteiger partial charge is 0.344 e. The number of amides is 1. The predicted molar refractivity (Wildman–Crippen MR) is 116 cm³/mol. The molecule has 1 aromatic carbocycles. The minimum absolute atomic E-state index is 0.211. The Balaban J connectivity index is 1.42. The van der Waals surface area contributed by atoms with Crippen LogP contribution in [0.1, 0.15) is 59.3 Å². The lowest BCUT2D eigenvalue weighted by Crippen LogP contribution is -2.30. The number of aromatic nitrogens is 3. The number of benzene rings is 1. The van der Waals surface area contributed by atoms with Gasteiger partial charge < -0.3 is 10.2 Å². The van der Waals surface area contributed by atoms with E-state index in [1.54, 1.807) is 6.20 Å². The second-order valence-corrected chi connectivity index (χ2v) is 8.26. The molecule has 158 valence electrons. The molecule has 3 aromatic rings. The highest BCUT2D eigenvalue weighted by Crippen LogP contribution is 2.55. The Morgan fingerprint density at radius 3 is 2.74 bits per heavy atom. The standard InChI is InChI=1S/C24H24FN5O/c1-3-19(29-24(31)15-4-6-17(25)7-5-15)20-8-9-21-23(28-20)18-12-16(18)13-30(21)22-10-11-26-14(2)27-22/h4-11,16,18-19H,3,12-13H2,1-2H3,(H,29,31). The molecule has 5 rings (SSSR count). The minimum atomic E-state index is -0.359. The molecule has 1 aliphatic carbocycles. The lowest BCUT2D eigenvalue weighted by Gasteiger charge is -2.30. The lowest BCUT2D eigenvalue weighted by atomic mass is 10.0. The Bertz CT molecular complexity index is 1130. The smallest absolute Gasteiger partial charge is 0.251 e. The van der Waals surface area contributed by atoms with Crippen molar-refractivity contribution in [3.8, 4) is 0 Å². The van der Waals surface area contributed by atoms with Crippen LogP contribution in [0.15, 0.2) is 48.7 Å². The van der Waals surface area contributed by atoms with E-state index in [9.17, 15) is 9.18 Å². The summed E-state index contributed by atoms with van der Waals surface area (Å²) in [6, 6.07) is 11.4. The maximum Gasteiger partial charge on any atom is 0.251 e. The number of anilines is 2. The number of nitrogens with zero attached hydrogens (tertiary/aromatic N) is 4. The van der Waals surface area contributed by atoms with Crippen LogP contribution < -0.4 is 10.2 Å². The van der Waals surface area contributed by atoms with Gasteiger partial charge in [0.25, 0.3) is 5.91 Å². The molecule has 3 heterocycles. The van der Waals surface area contributed by atoms with Crippen LogP contribution in [-0.2, 0) is 0 Å². The van der Waals surface area contributed by atoms with Gasteiger partial charge in [0.2, 0.25) is 0 Å². The fraction of sp³-hybridized carbons (Fsp3) is 0.333. The van der Waals surface area contributed by atoms with Gasteiger partial charge in [0.15, 0.2) is 0 Å². The van der Waals surface area contributed by atoms with Crippen LogP contribution in [0.4, 0.5) is 15.9 Å². The van der Waals surface area contributed by atoms with Crippen molar-refractivity contribution >= 4 is 17.4 Å². The molecule has 3 unspecified atom stereocenters. The van der Waals surface area contributed by atoms with Crippen LogP contribution >= 0.6 is 0 Å². The van der Waals surface area contributed by atoms with Crippen molar-refractivity contribution in [3.63, 3.8) is 0 Å². The van der Waals surface area contributed by atoms with Gasteiger partial charge in [-0.3, -0.25) is 9.78 Å². The number of rotatable bonds is 5. The van der Waals surface area contributed by atoms with E-state index in [0.717, 1.165) is 41.7 Å². The average molecular weight is 417 g/mol. The molecule has 2 aliphatic rings. The molecule has 1 fully saturated rings. The fourth-order valence-corrected chi connectivity index (χ4v) is 4.33. The van der Waals surface area contributed by atoms with Crippen LogP contribution in [0.3, 0.4) is 0 Å². The second-order valence-electron chi connectivity index (χ2n) is 8.26. The summed E-state index contributed by atoms with van der Waals surface area (Å²) in [6.07, 6.45) is 3.63. The number of hydrogen-bond donors (Lipinski definition) is 1. The van der Waals surface area contributed by atoms with Crippen molar-refractivity contribution in [1.82, 2.24) is 20.3 Å². The molecule has 1 N–H and O–H groups in total. The summed E-state index contributed by atoms with van der Waals surface area (Å²) in [5.74, 6) is 2.11. The number of nitrogens with one attached hydrogen (secondary N) is 1. The highest BCUT2D eigenvalue weighted by molar-refractivity contribution is 5.94. The minimum Gasteiger partial charge on any atom is -0.344 e. The molecule has 31 heavy (non-hydrogen) atoms. The van der Waals surface area contributed by atoms with Gasteiger partial charge >= 0.3 is 0 Å². The number of fused-ring (bicyclic) bond motifs is 3. The summed E-state index contributed by atoms with van der Waals surface area (Å²) in [5, 5.41) is 3.05. The number of hydrogen-bond acceptors (Lipinski definition) is 5. The molecule has 1 amide bonds. The number of carbonyl (C=O) groups excluding carboxylic acids is 1. The predicted octanol–water partition coefficient (Wildman–Crippen LogP) is 4.46. The summed E-state index contributed by atoms with van der Waals surface area (Å²) < 4.78 is 13.2. The molecule has 6 nitrogen and oxygen atoms in total. The first-order chi connectivity index (χ1) is 15.0. The van der Waals surface area contributed by atoms with E-state index in [0.29, 0.717) is 23.8 Å². The third-order valence-electron chi connectivity index (χ3n) is 6.12. The van der Waals surface area contributed by atoms with Crippen LogP contribution in [0.2, 0.25) is 0 Å². The molecule has 0 saturated heterocycles. The van der Waals surface area contributed by atoms with E-state index in [4.69, 9.17) is 4.98 Å². The second kappa shape index (κ2) is 7.72. The zero-order valence-electron chi connectivity index (χ0n) is 17.5. The third-order valence-corrected chi connectivity index (χ3v) is 6.12. The average Bonchev–Trinajstić information content (AvgIpc) is 3.57. The van der Waals surface area contributed by atoms with Gasteiger partial charge in [-0.25, -0.2) is 14.4 Å². The maximum atomic E-state index is 13.2. The third kappa shape index (κ3) is 3.76. The summed E-state index contributed by atoms with van der Waals surface area (Å²) in [7, 11) is 0. The van der Waals surface area contributed by atoms with E-state index < -0.39 is 0 Å². The van der Waals surface area contributed by atoms with E-state index in [1.165, 1.54) is 24.3 Å². The summed E-state index contributed by atoms with van der Waals surface area (Å²) >= 11 is 0. The summed E-state index contributed by atoms with van der Waals surface area (Å²) in [5.41, 5.74) is 3.45. The molecular formula is C24H24FN5O. The normalized spacial score (nSPS) is 19.9. The monoisotopic (exact) mass is 417 g/mol. The molecular weight excluding hydrogens is 393 g/mol. The van der Waals surface area contributed by atoms with Crippen LogP contribution in [0, 0.1) is 18.7 Å². The molecule has 2 aromatic heterocycles. The quantitative estimate of drug-likeness (QED) is 0.664. The Labute approximate surface area is 180 Å². The number of aryl methyl sites for hydroxylation is 1. The van der Waals surface area contributed by atoms with Gasteiger partial charge in [0.05, 0.1) is 23.1 Å². The topological polar surface area (TPSA) is 71.0 Å². The van der Waals surface area contributed by atoms with Crippen molar-refractivity contribution in [3.05, 3.63) is 77.3 Å². The van der Waals surface area contributed by atoms with E-state index >= 15 is 0 Å². The van der Waals surface area contributed by atoms with Crippen LogP contribution in [0.5, 0.6) is 0 Å². The van der Waals surface area contributed by atoms with E-state index in [1.807, 2.05) is 26.0 Å². The molecule has 0 radical (unpaired) electrons. The highest BCUT2D eigenvalue weighted by Gasteiger charge is 2.47. The van der Waals surface area contributed by atoms with Gasteiger partial charge in [-0.05, 0) is 68.1 Å². The number of halogens is 1. The van der Waals surface area contributed by atoms with Gasteiger partial charge in [0, 0.05) is 24.2 Å². The molecule has 3 atom stereocenters. The van der Waals surface area contributed by atoms with Crippen molar-refractivity contribution < 1.29 is 9.18 Å². The Morgan fingerprint density at radius 2 is 2.00 bits per heavy atom. The first-order valence-electron chi connectivity index (χ1n) is 10.7. The Hall–Kier alpha value is -3.35. The number of pyridine rings is 1. The molecule has 0 spiro atoms. The van der Waals surface area contributed by atoms with Gasteiger partial charge in [-0.2, -0.15) is 0 Å². The molecule has 1 aliphatic heterocycles. The van der Waals surface area contributed by atoms with E-state index in [2.05, 4.69) is 26.3 Å².